The molecule has 0 unspecified atom stereocenters. The van der Waals surface area contributed by atoms with Crippen LogP contribution in [0.15, 0.2) is 28.8 Å². The molecule has 0 radical (unpaired) electrons. The van der Waals surface area contributed by atoms with Crippen molar-refractivity contribution in [3.63, 3.8) is 0 Å². The molecule has 0 amide bonds. The number of hydrogen-bond donors (Lipinski definition) is 1. The van der Waals surface area contributed by atoms with Gasteiger partial charge in [-0.25, -0.2) is 4.79 Å². The van der Waals surface area contributed by atoms with E-state index < -0.39 is 5.97 Å². The standard InChI is InChI=1S/C11H9ClN2O3/c1-16-11(15)9-8(10(13)17-14-9)6-4-2-3-5-7(6)12/h2-5H,13H2,1H3. The van der Waals surface area contributed by atoms with Gasteiger partial charge in [0, 0.05) is 10.6 Å². The highest BCUT2D eigenvalue weighted by Gasteiger charge is 2.23. The number of anilines is 1. The van der Waals surface area contributed by atoms with Crippen molar-refractivity contribution in [2.75, 3.05) is 12.8 Å². The van der Waals surface area contributed by atoms with Crippen LogP contribution in [0.3, 0.4) is 0 Å². The van der Waals surface area contributed by atoms with Crippen molar-refractivity contribution < 1.29 is 14.1 Å². The number of halogens is 1. The Morgan fingerprint density at radius 1 is 1.47 bits per heavy atom. The molecular formula is C11H9ClN2O3. The largest absolute Gasteiger partial charge is 0.464 e. The van der Waals surface area contributed by atoms with Gasteiger partial charge in [0.25, 0.3) is 0 Å². The Balaban J connectivity index is 2.63. The van der Waals surface area contributed by atoms with E-state index in [2.05, 4.69) is 9.89 Å². The maximum Gasteiger partial charge on any atom is 0.361 e. The lowest BCUT2D eigenvalue weighted by molar-refractivity contribution is 0.0590. The Kier molecular flexibility index (Phi) is 3.01. The van der Waals surface area contributed by atoms with Crippen LogP contribution in [-0.2, 0) is 4.74 Å². The number of nitrogens with two attached hydrogens (primary N) is 1. The van der Waals surface area contributed by atoms with E-state index in [1.54, 1.807) is 24.3 Å². The van der Waals surface area contributed by atoms with Crippen LogP contribution in [-0.4, -0.2) is 18.2 Å². The Hall–Kier alpha value is -2.01. The van der Waals surface area contributed by atoms with Gasteiger partial charge in [-0.1, -0.05) is 35.0 Å². The summed E-state index contributed by atoms with van der Waals surface area (Å²) in [5.41, 5.74) is 6.58. The van der Waals surface area contributed by atoms with Gasteiger partial charge in [0.2, 0.25) is 11.6 Å². The third kappa shape index (κ3) is 1.97. The number of nitrogen functional groups attached to an aromatic ring is 1. The fraction of sp³-hybridized carbons (Fsp3) is 0.0909. The number of rotatable bonds is 2. The summed E-state index contributed by atoms with van der Waals surface area (Å²) in [7, 11) is 1.25. The average molecular weight is 253 g/mol. The molecule has 1 aromatic carbocycles. The molecule has 1 aromatic heterocycles. The number of carbonyl (C=O) groups excluding carboxylic acids is 1. The molecule has 2 N–H and O–H groups in total. The first kappa shape index (κ1) is 11.5. The van der Waals surface area contributed by atoms with Crippen molar-refractivity contribution in [3.8, 4) is 11.1 Å². The number of benzene rings is 1. The van der Waals surface area contributed by atoms with E-state index in [4.69, 9.17) is 21.9 Å². The zero-order valence-corrected chi connectivity index (χ0v) is 9.69. The van der Waals surface area contributed by atoms with Crippen LogP contribution in [0.1, 0.15) is 10.5 Å². The minimum Gasteiger partial charge on any atom is -0.464 e. The quantitative estimate of drug-likeness (QED) is 0.830. The van der Waals surface area contributed by atoms with E-state index in [0.29, 0.717) is 16.1 Å². The smallest absolute Gasteiger partial charge is 0.361 e. The molecule has 0 aliphatic rings. The second-order valence-corrected chi connectivity index (χ2v) is 3.65. The molecule has 5 nitrogen and oxygen atoms in total. The molecule has 0 saturated heterocycles. The first-order chi connectivity index (χ1) is 8.15. The van der Waals surface area contributed by atoms with Crippen molar-refractivity contribution in [1.82, 2.24) is 5.16 Å². The van der Waals surface area contributed by atoms with Crippen LogP contribution >= 0.6 is 11.6 Å². The minimum absolute atomic E-state index is 0.0121. The molecule has 0 saturated carbocycles. The molecule has 2 aromatic rings. The van der Waals surface area contributed by atoms with E-state index in [-0.39, 0.29) is 11.6 Å². The van der Waals surface area contributed by atoms with Gasteiger partial charge in [0.05, 0.1) is 12.7 Å². The van der Waals surface area contributed by atoms with E-state index in [9.17, 15) is 4.79 Å². The number of nitrogens with zero attached hydrogens (tertiary/aromatic N) is 1. The topological polar surface area (TPSA) is 78.3 Å². The fourth-order valence-electron chi connectivity index (χ4n) is 1.46. The highest BCUT2D eigenvalue weighted by molar-refractivity contribution is 6.33. The lowest BCUT2D eigenvalue weighted by Gasteiger charge is -2.03. The van der Waals surface area contributed by atoms with Gasteiger partial charge in [0.1, 0.15) is 0 Å². The van der Waals surface area contributed by atoms with Gasteiger partial charge in [-0.15, -0.1) is 0 Å². The van der Waals surface area contributed by atoms with Gasteiger partial charge in [-0.05, 0) is 6.07 Å². The number of ether oxygens (including phenoxy) is 1. The molecule has 1 heterocycles. The lowest BCUT2D eigenvalue weighted by atomic mass is 10.1. The molecule has 0 bridgehead atoms. The van der Waals surface area contributed by atoms with Crippen LogP contribution < -0.4 is 5.73 Å². The average Bonchev–Trinajstić information content (AvgIpc) is 2.71. The van der Waals surface area contributed by atoms with Crippen LogP contribution in [0.2, 0.25) is 5.02 Å². The first-order valence-electron chi connectivity index (χ1n) is 4.73. The summed E-state index contributed by atoms with van der Waals surface area (Å²) < 4.78 is 9.39. The summed E-state index contributed by atoms with van der Waals surface area (Å²) in [6.07, 6.45) is 0. The summed E-state index contributed by atoms with van der Waals surface area (Å²) in [5, 5.41) is 4.02. The summed E-state index contributed by atoms with van der Waals surface area (Å²) >= 11 is 6.03. The molecular weight excluding hydrogens is 244 g/mol. The summed E-state index contributed by atoms with van der Waals surface area (Å²) in [5.74, 6) is -0.598. The van der Waals surface area contributed by atoms with E-state index in [1.165, 1.54) is 7.11 Å². The van der Waals surface area contributed by atoms with E-state index >= 15 is 0 Å². The van der Waals surface area contributed by atoms with Crippen molar-refractivity contribution in [1.29, 1.82) is 0 Å². The Bertz CT molecular complexity index is 566. The molecule has 17 heavy (non-hydrogen) atoms. The second kappa shape index (κ2) is 4.47. The van der Waals surface area contributed by atoms with Crippen molar-refractivity contribution in [2.45, 2.75) is 0 Å². The number of carbonyl (C=O) groups is 1. The Labute approximate surface area is 102 Å². The summed E-state index contributed by atoms with van der Waals surface area (Å²) in [6.45, 7) is 0. The second-order valence-electron chi connectivity index (χ2n) is 3.24. The third-order valence-electron chi connectivity index (χ3n) is 2.24. The zero-order chi connectivity index (χ0) is 12.4. The summed E-state index contributed by atoms with van der Waals surface area (Å²) in [4.78, 5) is 11.5. The number of methoxy groups -OCH3 is 1. The van der Waals surface area contributed by atoms with Crippen LogP contribution in [0.25, 0.3) is 11.1 Å². The molecule has 6 heteroatoms. The van der Waals surface area contributed by atoms with Crippen LogP contribution in [0.5, 0.6) is 0 Å². The number of hydrogen-bond acceptors (Lipinski definition) is 5. The molecule has 0 aliphatic heterocycles. The van der Waals surface area contributed by atoms with Gasteiger partial charge >= 0.3 is 5.97 Å². The first-order valence-corrected chi connectivity index (χ1v) is 5.11. The lowest BCUT2D eigenvalue weighted by Crippen LogP contribution is -2.03. The van der Waals surface area contributed by atoms with Gasteiger partial charge in [0.15, 0.2) is 0 Å². The fourth-order valence-corrected chi connectivity index (χ4v) is 1.69. The maximum absolute atomic E-state index is 11.5. The monoisotopic (exact) mass is 252 g/mol. The normalized spacial score (nSPS) is 10.2. The molecule has 88 valence electrons. The number of aromatic nitrogens is 1. The Morgan fingerprint density at radius 2 is 2.18 bits per heavy atom. The van der Waals surface area contributed by atoms with Gasteiger partial charge < -0.3 is 15.0 Å². The van der Waals surface area contributed by atoms with Crippen molar-refractivity contribution in [3.05, 3.63) is 35.0 Å². The zero-order valence-electron chi connectivity index (χ0n) is 8.94. The van der Waals surface area contributed by atoms with Crippen molar-refractivity contribution >= 4 is 23.5 Å². The van der Waals surface area contributed by atoms with Crippen LogP contribution in [0.4, 0.5) is 5.88 Å². The maximum atomic E-state index is 11.5. The van der Waals surface area contributed by atoms with Gasteiger partial charge in [-0.2, -0.15) is 0 Å². The van der Waals surface area contributed by atoms with Crippen LogP contribution in [0, 0.1) is 0 Å². The molecule has 0 fully saturated rings. The minimum atomic E-state index is -0.625. The SMILES string of the molecule is COC(=O)c1noc(N)c1-c1ccccc1Cl. The number of esters is 1. The predicted molar refractivity (Wildman–Crippen MR) is 62.7 cm³/mol. The predicted octanol–water partition coefficient (Wildman–Crippen LogP) is 2.36. The van der Waals surface area contributed by atoms with Gasteiger partial charge in [-0.3, -0.25) is 0 Å². The third-order valence-corrected chi connectivity index (χ3v) is 2.57. The van der Waals surface area contributed by atoms with E-state index in [0.717, 1.165) is 0 Å². The molecule has 0 atom stereocenters. The highest BCUT2D eigenvalue weighted by Crippen LogP contribution is 2.34. The van der Waals surface area contributed by atoms with Crippen molar-refractivity contribution in [2.24, 2.45) is 0 Å². The highest BCUT2D eigenvalue weighted by atomic mass is 35.5. The molecule has 0 spiro atoms. The Morgan fingerprint density at radius 3 is 2.82 bits per heavy atom. The molecule has 0 aliphatic carbocycles. The molecule has 2 rings (SSSR count). The summed E-state index contributed by atoms with van der Waals surface area (Å²) in [6, 6.07) is 6.95. The van der Waals surface area contributed by atoms with E-state index in [1.807, 2.05) is 0 Å².